The van der Waals surface area contributed by atoms with Gasteiger partial charge in [0.2, 0.25) is 23.8 Å². The lowest BCUT2D eigenvalue weighted by Gasteiger charge is -2.39. The van der Waals surface area contributed by atoms with E-state index in [1.165, 1.54) is 25.3 Å². The highest BCUT2D eigenvalue weighted by molar-refractivity contribution is 5.88. The molecule has 0 spiro atoms. The Morgan fingerprint density at radius 1 is 0.860 bits per heavy atom. The molecule has 234 valence electrons. The van der Waals surface area contributed by atoms with Gasteiger partial charge in [0.25, 0.3) is 0 Å². The summed E-state index contributed by atoms with van der Waals surface area (Å²) in [5, 5.41) is 90.6. The molecular weight excluding hydrogens is 580 g/mol. The van der Waals surface area contributed by atoms with Crippen LogP contribution in [0.25, 0.3) is 22.3 Å². The molecule has 0 aliphatic carbocycles. The zero-order valence-electron chi connectivity index (χ0n) is 22.4. The lowest BCUT2D eigenvalue weighted by atomic mass is 9.99. The van der Waals surface area contributed by atoms with E-state index in [2.05, 4.69) is 0 Å². The molecule has 2 aliphatic heterocycles. The van der Waals surface area contributed by atoms with Crippen LogP contribution in [0, 0.1) is 0 Å². The Labute approximate surface area is 241 Å². The van der Waals surface area contributed by atoms with Crippen LogP contribution in [-0.2, 0) is 9.47 Å². The van der Waals surface area contributed by atoms with Crippen molar-refractivity contribution in [2.24, 2.45) is 0 Å². The Morgan fingerprint density at radius 3 is 2.28 bits per heavy atom. The Hall–Kier alpha value is -3.71. The van der Waals surface area contributed by atoms with Gasteiger partial charge in [-0.1, -0.05) is 0 Å². The molecule has 2 aromatic carbocycles. The van der Waals surface area contributed by atoms with E-state index < -0.39 is 90.8 Å². The predicted octanol–water partition coefficient (Wildman–Crippen LogP) is -2.12. The molecule has 0 radical (unpaired) electrons. The molecule has 2 saturated heterocycles. The Morgan fingerprint density at radius 2 is 1.58 bits per heavy atom. The number of hydrogen-bond acceptors (Lipinski definition) is 16. The molecule has 2 fully saturated rings. The van der Waals surface area contributed by atoms with Crippen molar-refractivity contribution in [1.82, 2.24) is 0 Å². The van der Waals surface area contributed by atoms with E-state index >= 15 is 0 Å². The van der Waals surface area contributed by atoms with Gasteiger partial charge in [-0.2, -0.15) is 0 Å². The highest BCUT2D eigenvalue weighted by atomic mass is 16.7. The number of phenols is 2. The second-order valence-electron chi connectivity index (χ2n) is 9.97. The van der Waals surface area contributed by atoms with Crippen molar-refractivity contribution < 1.29 is 74.1 Å². The minimum absolute atomic E-state index is 0.0127. The number of rotatable bonds is 7. The summed E-state index contributed by atoms with van der Waals surface area (Å²) in [5.41, 5.74) is -1.12. The molecule has 9 N–H and O–H groups in total. The summed E-state index contributed by atoms with van der Waals surface area (Å²) < 4.78 is 32.9. The molecule has 2 aliphatic rings. The predicted molar refractivity (Wildman–Crippen MR) is 141 cm³/mol. The molecular formula is C27H30O16. The van der Waals surface area contributed by atoms with E-state index in [0.29, 0.717) is 0 Å². The van der Waals surface area contributed by atoms with E-state index in [0.717, 1.165) is 12.1 Å². The molecule has 3 aromatic rings. The highest BCUT2D eigenvalue weighted by Gasteiger charge is 2.45. The van der Waals surface area contributed by atoms with Gasteiger partial charge in [-0.15, -0.1) is 0 Å². The van der Waals surface area contributed by atoms with Crippen molar-refractivity contribution >= 4 is 11.0 Å². The molecule has 16 nitrogen and oxygen atoms in total. The minimum Gasteiger partial charge on any atom is -0.507 e. The molecule has 43 heavy (non-hydrogen) atoms. The molecule has 0 unspecified atom stereocenters. The first kappa shape index (κ1) is 30.7. The van der Waals surface area contributed by atoms with Gasteiger partial charge < -0.3 is 74.1 Å². The normalized spacial score (nSPS) is 31.1. The summed E-state index contributed by atoms with van der Waals surface area (Å²) in [7, 11) is 1.28. The average Bonchev–Trinajstić information content (AvgIpc) is 2.98. The molecule has 0 saturated carbocycles. The van der Waals surface area contributed by atoms with Crippen LogP contribution in [0.15, 0.2) is 39.5 Å². The maximum absolute atomic E-state index is 13.7. The second kappa shape index (κ2) is 12.1. The highest BCUT2D eigenvalue weighted by Crippen LogP contribution is 2.40. The number of hydrogen-bond donors (Lipinski definition) is 9. The molecule has 16 heteroatoms. The number of methoxy groups -OCH3 is 1. The first-order valence-electron chi connectivity index (χ1n) is 13.0. The molecule has 1 aromatic heterocycles. The number of aromatic hydroxyl groups is 2. The van der Waals surface area contributed by atoms with Crippen molar-refractivity contribution in [3.8, 4) is 40.1 Å². The van der Waals surface area contributed by atoms with E-state index in [4.69, 9.17) is 28.1 Å². The fourth-order valence-corrected chi connectivity index (χ4v) is 4.74. The lowest BCUT2D eigenvalue weighted by molar-refractivity contribution is -0.277. The zero-order valence-corrected chi connectivity index (χ0v) is 22.4. The van der Waals surface area contributed by atoms with Gasteiger partial charge in [0.1, 0.15) is 65.2 Å². The number of aliphatic hydroxyl groups is 7. The number of benzene rings is 2. The number of fused-ring (bicyclic) bond motifs is 1. The second-order valence-corrected chi connectivity index (χ2v) is 9.97. The summed E-state index contributed by atoms with van der Waals surface area (Å²) in [6, 6.07) is 6.01. The lowest BCUT2D eigenvalue weighted by Crippen LogP contribution is -2.60. The Balaban J connectivity index is 1.60. The van der Waals surface area contributed by atoms with Gasteiger partial charge in [0.15, 0.2) is 17.3 Å². The van der Waals surface area contributed by atoms with Crippen LogP contribution < -0.4 is 19.6 Å². The van der Waals surface area contributed by atoms with Crippen LogP contribution in [0.2, 0.25) is 0 Å². The SMILES string of the molecule is COc1cc(-c2oc3cc(O[C@@H]4O[C@H](CO)[C@@H](O)[C@H](O)[C@H]4O)cc(O)c3c(=O)c2O[C@@H]2OC[C@H](O)[C@H](O)[C@H]2O)ccc1O. The van der Waals surface area contributed by atoms with Crippen LogP contribution in [0.4, 0.5) is 0 Å². The summed E-state index contributed by atoms with van der Waals surface area (Å²) in [4.78, 5) is 13.7. The van der Waals surface area contributed by atoms with E-state index in [-0.39, 0.29) is 34.2 Å². The molecule has 5 rings (SSSR count). The molecule has 9 atom stereocenters. The van der Waals surface area contributed by atoms with Crippen LogP contribution >= 0.6 is 0 Å². The zero-order chi connectivity index (χ0) is 31.2. The molecule has 0 bridgehead atoms. The summed E-state index contributed by atoms with van der Waals surface area (Å²) >= 11 is 0. The Bertz CT molecular complexity index is 1520. The van der Waals surface area contributed by atoms with Gasteiger partial charge in [-0.25, -0.2) is 0 Å². The quantitative estimate of drug-likeness (QED) is 0.138. The van der Waals surface area contributed by atoms with Crippen LogP contribution in [-0.4, -0.2) is 122 Å². The van der Waals surface area contributed by atoms with Gasteiger partial charge in [0, 0.05) is 17.7 Å². The average molecular weight is 611 g/mol. The van der Waals surface area contributed by atoms with Gasteiger partial charge in [0.05, 0.1) is 20.3 Å². The fourth-order valence-electron chi connectivity index (χ4n) is 4.74. The first-order chi connectivity index (χ1) is 20.4. The summed E-state index contributed by atoms with van der Waals surface area (Å²) in [5.74, 6) is -2.04. The third-order valence-corrected chi connectivity index (χ3v) is 7.14. The smallest absolute Gasteiger partial charge is 0.239 e. The maximum atomic E-state index is 13.7. The molecule has 3 heterocycles. The van der Waals surface area contributed by atoms with Crippen molar-refractivity contribution in [1.29, 1.82) is 0 Å². The summed E-state index contributed by atoms with van der Waals surface area (Å²) in [6.45, 7) is -1.14. The summed E-state index contributed by atoms with van der Waals surface area (Å²) in [6.07, 6.45) is -14.6. The topological polar surface area (TPSA) is 258 Å². The van der Waals surface area contributed by atoms with Crippen molar-refractivity contribution in [2.45, 2.75) is 55.3 Å². The number of aliphatic hydroxyl groups excluding tert-OH is 7. The van der Waals surface area contributed by atoms with E-state index in [1.807, 2.05) is 0 Å². The number of phenolic OH excluding ortho intramolecular Hbond substituents is 2. The van der Waals surface area contributed by atoms with Crippen molar-refractivity contribution in [2.75, 3.05) is 20.3 Å². The van der Waals surface area contributed by atoms with Gasteiger partial charge >= 0.3 is 0 Å². The fraction of sp³-hybridized carbons (Fsp3) is 0.444. The van der Waals surface area contributed by atoms with Crippen molar-refractivity contribution in [3.63, 3.8) is 0 Å². The van der Waals surface area contributed by atoms with Crippen LogP contribution in [0.5, 0.6) is 28.7 Å². The van der Waals surface area contributed by atoms with Crippen LogP contribution in [0.1, 0.15) is 0 Å². The van der Waals surface area contributed by atoms with Gasteiger partial charge in [-0.3, -0.25) is 4.79 Å². The largest absolute Gasteiger partial charge is 0.507 e. The maximum Gasteiger partial charge on any atom is 0.239 e. The standard InChI is InChI=1S/C27H30O16/c1-38-14-4-9(2-3-11(14)29)24-25(43-26-22(36)18(32)13(31)8-39-26)20(34)17-12(30)5-10(6-15(17)41-24)40-27-23(37)21(35)19(33)16(7-28)42-27/h2-6,13,16,18-19,21-23,26-33,35-37H,7-8H2,1H3/t13-,16+,18-,19+,21-,22+,23+,26-,27+/m0/s1. The van der Waals surface area contributed by atoms with Crippen molar-refractivity contribution in [3.05, 3.63) is 40.6 Å². The number of ether oxygens (including phenoxy) is 5. The Kier molecular flexibility index (Phi) is 8.66. The third-order valence-electron chi connectivity index (χ3n) is 7.14. The van der Waals surface area contributed by atoms with E-state index in [9.17, 15) is 50.8 Å². The monoisotopic (exact) mass is 610 g/mol. The first-order valence-corrected chi connectivity index (χ1v) is 13.0. The van der Waals surface area contributed by atoms with E-state index in [1.54, 1.807) is 0 Å². The van der Waals surface area contributed by atoms with Crippen LogP contribution in [0.3, 0.4) is 0 Å². The minimum atomic E-state index is -1.79. The third kappa shape index (κ3) is 5.67. The molecule has 0 amide bonds. The van der Waals surface area contributed by atoms with Gasteiger partial charge in [-0.05, 0) is 18.2 Å².